The molecule has 8 nitrogen and oxygen atoms in total. The van der Waals surface area contributed by atoms with Gasteiger partial charge in [-0.15, -0.1) is 0 Å². The van der Waals surface area contributed by atoms with E-state index in [1.807, 2.05) is 0 Å². The van der Waals surface area contributed by atoms with Crippen molar-refractivity contribution in [1.82, 2.24) is 4.98 Å². The lowest BCUT2D eigenvalue weighted by Gasteiger charge is -2.08. The molecule has 0 radical (unpaired) electrons. The number of nitro benzene ring substituents is 1. The van der Waals surface area contributed by atoms with E-state index in [-0.39, 0.29) is 22.2 Å². The van der Waals surface area contributed by atoms with Crippen LogP contribution < -0.4 is 10.9 Å². The number of amides is 1. The summed E-state index contributed by atoms with van der Waals surface area (Å²) in [4.78, 5) is 39.3. The zero-order valence-corrected chi connectivity index (χ0v) is 15.9. The van der Waals surface area contributed by atoms with Crippen molar-refractivity contribution in [2.24, 2.45) is 0 Å². The molecule has 148 valence electrons. The molecule has 0 bridgehead atoms. The molecule has 0 unspecified atom stereocenters. The maximum atomic E-state index is 12.5. The van der Waals surface area contributed by atoms with Crippen molar-refractivity contribution in [1.29, 1.82) is 0 Å². The predicted molar refractivity (Wildman–Crippen MR) is 112 cm³/mol. The molecule has 0 aliphatic rings. The average molecular weight is 422 g/mol. The number of hydrogen-bond donors (Lipinski definition) is 1. The quantitative estimate of drug-likeness (QED) is 0.378. The van der Waals surface area contributed by atoms with Gasteiger partial charge in [-0.25, -0.2) is 9.78 Å². The lowest BCUT2D eigenvalue weighted by Crippen LogP contribution is -2.12. The van der Waals surface area contributed by atoms with E-state index in [2.05, 4.69) is 10.3 Å². The molecule has 0 fully saturated rings. The Kier molecular flexibility index (Phi) is 4.99. The van der Waals surface area contributed by atoms with Gasteiger partial charge in [0.1, 0.15) is 0 Å². The normalized spacial score (nSPS) is 10.7. The minimum absolute atomic E-state index is 0.0416. The van der Waals surface area contributed by atoms with Crippen LogP contribution in [0, 0.1) is 10.1 Å². The van der Waals surface area contributed by atoms with Crippen LogP contribution in [0.3, 0.4) is 0 Å². The first-order valence-corrected chi connectivity index (χ1v) is 9.06. The number of halogens is 1. The second-order valence-corrected chi connectivity index (χ2v) is 6.69. The maximum Gasteiger partial charge on any atom is 0.347 e. The Bertz CT molecular complexity index is 1370. The molecule has 4 aromatic rings. The van der Waals surface area contributed by atoms with Gasteiger partial charge in [0.15, 0.2) is 0 Å². The summed E-state index contributed by atoms with van der Waals surface area (Å²) in [6.07, 6.45) is 0. The minimum Gasteiger partial charge on any atom is -0.403 e. The number of para-hydroxylation sites is 1. The maximum absolute atomic E-state index is 12.5. The number of carbonyl (C=O) groups is 1. The van der Waals surface area contributed by atoms with Crippen LogP contribution in [0.15, 0.2) is 75.9 Å². The third-order valence-electron chi connectivity index (χ3n) is 4.31. The van der Waals surface area contributed by atoms with Gasteiger partial charge in [-0.1, -0.05) is 29.8 Å². The molecule has 0 aliphatic carbocycles. The first kappa shape index (κ1) is 19.3. The largest absolute Gasteiger partial charge is 0.403 e. The highest BCUT2D eigenvalue weighted by molar-refractivity contribution is 6.34. The van der Waals surface area contributed by atoms with Crippen LogP contribution in [-0.2, 0) is 0 Å². The van der Waals surface area contributed by atoms with Crippen LogP contribution in [0.4, 0.5) is 11.4 Å². The molecule has 0 spiro atoms. The zero-order chi connectivity index (χ0) is 21.3. The number of aromatic nitrogens is 1. The lowest BCUT2D eigenvalue weighted by molar-refractivity contribution is -0.384. The van der Waals surface area contributed by atoms with E-state index < -0.39 is 16.5 Å². The van der Waals surface area contributed by atoms with Crippen LogP contribution in [0.5, 0.6) is 0 Å². The third kappa shape index (κ3) is 3.76. The number of nitro groups is 1. The SMILES string of the molecule is O=C(Nc1cccc(-c2nc3ccccc3c(=O)o2)c1)c1ccc([N+](=O)[O-])cc1Cl. The van der Waals surface area contributed by atoms with Crippen LogP contribution in [0.2, 0.25) is 5.02 Å². The fraction of sp³-hybridized carbons (Fsp3) is 0. The fourth-order valence-electron chi connectivity index (χ4n) is 2.87. The summed E-state index contributed by atoms with van der Waals surface area (Å²) in [6.45, 7) is 0. The summed E-state index contributed by atoms with van der Waals surface area (Å²) in [5.41, 5.74) is 0.757. The van der Waals surface area contributed by atoms with Gasteiger partial charge in [-0.05, 0) is 36.4 Å². The predicted octanol–water partition coefficient (Wildman–Crippen LogP) is 4.67. The van der Waals surface area contributed by atoms with Crippen molar-refractivity contribution in [2.75, 3.05) is 5.32 Å². The van der Waals surface area contributed by atoms with E-state index in [0.717, 1.165) is 6.07 Å². The molecular formula is C21H12ClN3O5. The topological polar surface area (TPSA) is 115 Å². The second-order valence-electron chi connectivity index (χ2n) is 6.28. The van der Waals surface area contributed by atoms with Gasteiger partial charge in [0.25, 0.3) is 11.6 Å². The van der Waals surface area contributed by atoms with E-state index in [9.17, 15) is 19.7 Å². The summed E-state index contributed by atoms with van der Waals surface area (Å²) < 4.78 is 5.31. The smallest absolute Gasteiger partial charge is 0.347 e. The Morgan fingerprint density at radius 3 is 2.63 bits per heavy atom. The molecule has 0 saturated heterocycles. The number of anilines is 1. The molecule has 3 aromatic carbocycles. The van der Waals surface area contributed by atoms with Crippen molar-refractivity contribution in [3.05, 3.63) is 97.9 Å². The Morgan fingerprint density at radius 2 is 1.87 bits per heavy atom. The summed E-state index contributed by atoms with van der Waals surface area (Å²) >= 11 is 6.01. The summed E-state index contributed by atoms with van der Waals surface area (Å²) in [5.74, 6) is -0.428. The van der Waals surface area contributed by atoms with Crippen molar-refractivity contribution in [3.8, 4) is 11.5 Å². The third-order valence-corrected chi connectivity index (χ3v) is 4.62. The number of benzene rings is 3. The Hall–Kier alpha value is -4.04. The summed E-state index contributed by atoms with van der Waals surface area (Å²) in [7, 11) is 0. The minimum atomic E-state index is -0.596. The first-order valence-electron chi connectivity index (χ1n) is 8.68. The molecule has 1 amide bonds. The number of nitrogens with zero attached hydrogens (tertiary/aromatic N) is 2. The van der Waals surface area contributed by atoms with E-state index in [1.54, 1.807) is 48.5 Å². The van der Waals surface area contributed by atoms with Gasteiger partial charge in [0, 0.05) is 23.4 Å². The van der Waals surface area contributed by atoms with Crippen LogP contribution in [-0.4, -0.2) is 15.8 Å². The van der Waals surface area contributed by atoms with E-state index >= 15 is 0 Å². The van der Waals surface area contributed by atoms with Gasteiger partial charge in [-0.2, -0.15) is 0 Å². The molecule has 1 aromatic heterocycles. The standard InChI is InChI=1S/C21H12ClN3O5/c22-17-11-14(25(28)29)8-9-15(17)19(26)23-13-5-3-4-12(10-13)20-24-18-7-2-1-6-16(18)21(27)30-20/h1-11H,(H,23,26). The molecule has 0 saturated carbocycles. The Balaban J connectivity index is 1.64. The highest BCUT2D eigenvalue weighted by Crippen LogP contribution is 2.25. The number of carbonyl (C=O) groups excluding carboxylic acids is 1. The molecule has 1 N–H and O–H groups in total. The first-order chi connectivity index (χ1) is 14.4. The van der Waals surface area contributed by atoms with Crippen LogP contribution in [0.1, 0.15) is 10.4 Å². The van der Waals surface area contributed by atoms with Crippen molar-refractivity contribution in [2.45, 2.75) is 0 Å². The van der Waals surface area contributed by atoms with Crippen LogP contribution >= 0.6 is 11.6 Å². The Labute approximate surface area is 173 Å². The summed E-state index contributed by atoms with van der Waals surface area (Å²) in [6, 6.07) is 17.0. The van der Waals surface area contributed by atoms with Gasteiger partial charge >= 0.3 is 5.63 Å². The number of fused-ring (bicyclic) bond motifs is 1. The molecule has 0 aliphatic heterocycles. The number of rotatable bonds is 4. The number of hydrogen-bond acceptors (Lipinski definition) is 6. The van der Waals surface area contributed by atoms with E-state index in [0.29, 0.717) is 22.2 Å². The van der Waals surface area contributed by atoms with Crippen LogP contribution in [0.25, 0.3) is 22.4 Å². The molecule has 1 heterocycles. The number of nitrogens with one attached hydrogen (secondary N) is 1. The number of non-ortho nitro benzene ring substituents is 1. The second kappa shape index (κ2) is 7.76. The van der Waals surface area contributed by atoms with E-state index in [1.165, 1.54) is 12.1 Å². The molecule has 4 rings (SSSR count). The van der Waals surface area contributed by atoms with Crippen molar-refractivity contribution < 1.29 is 14.1 Å². The van der Waals surface area contributed by atoms with Gasteiger partial charge in [0.2, 0.25) is 5.89 Å². The average Bonchev–Trinajstić information content (AvgIpc) is 2.73. The van der Waals surface area contributed by atoms with E-state index in [4.69, 9.17) is 16.0 Å². The monoisotopic (exact) mass is 421 g/mol. The summed E-state index contributed by atoms with van der Waals surface area (Å²) in [5, 5.41) is 13.8. The molecule has 30 heavy (non-hydrogen) atoms. The van der Waals surface area contributed by atoms with Gasteiger partial charge in [0.05, 0.1) is 26.4 Å². The van der Waals surface area contributed by atoms with Gasteiger partial charge in [-0.3, -0.25) is 14.9 Å². The highest BCUT2D eigenvalue weighted by Gasteiger charge is 2.16. The lowest BCUT2D eigenvalue weighted by atomic mass is 10.1. The molecule has 9 heteroatoms. The molecule has 0 atom stereocenters. The van der Waals surface area contributed by atoms with Crippen molar-refractivity contribution in [3.63, 3.8) is 0 Å². The molecular weight excluding hydrogens is 410 g/mol. The fourth-order valence-corrected chi connectivity index (χ4v) is 3.13. The van der Waals surface area contributed by atoms with Crippen molar-refractivity contribution >= 4 is 39.8 Å². The van der Waals surface area contributed by atoms with Gasteiger partial charge < -0.3 is 9.73 Å². The highest BCUT2D eigenvalue weighted by atomic mass is 35.5. The zero-order valence-electron chi connectivity index (χ0n) is 15.2. The Morgan fingerprint density at radius 1 is 1.07 bits per heavy atom.